The normalized spacial score (nSPS) is 11.5. The van der Waals surface area contributed by atoms with Crippen molar-refractivity contribution >= 4 is 11.9 Å². The molecule has 0 bridgehead atoms. The lowest BCUT2D eigenvalue weighted by Crippen LogP contribution is -1.98. The first kappa shape index (κ1) is 11.3. The largest absolute Gasteiger partial charge is 0.295 e. The van der Waals surface area contributed by atoms with Crippen molar-refractivity contribution in [1.82, 2.24) is 15.0 Å². The summed E-state index contributed by atoms with van der Waals surface area (Å²) in [6.07, 6.45) is 3.37. The fourth-order valence-electron chi connectivity index (χ4n) is 1.35. The third-order valence-corrected chi connectivity index (χ3v) is 2.42. The lowest BCUT2D eigenvalue weighted by Gasteiger charge is -1.96. The second-order valence-electron chi connectivity index (χ2n) is 3.78. The van der Waals surface area contributed by atoms with E-state index in [2.05, 4.69) is 10.2 Å². The van der Waals surface area contributed by atoms with E-state index in [1.165, 1.54) is 6.92 Å². The van der Waals surface area contributed by atoms with Crippen molar-refractivity contribution in [2.75, 3.05) is 0 Å². The molecular formula is C13H13N3O. The number of hydrogen-bond acceptors (Lipinski definition) is 3. The number of benzene rings is 1. The Hall–Kier alpha value is -2.23. The molecule has 17 heavy (non-hydrogen) atoms. The van der Waals surface area contributed by atoms with Gasteiger partial charge >= 0.3 is 0 Å². The number of carbonyl (C=O) groups excluding carboxylic acids is 1. The quantitative estimate of drug-likeness (QED) is 0.756. The number of Topliss-reactive ketones (excluding diaryl/α,β-unsaturated/α-hetero) is 1. The Labute approximate surface area is 99.6 Å². The molecule has 0 radical (unpaired) electrons. The molecule has 1 aromatic carbocycles. The van der Waals surface area contributed by atoms with E-state index < -0.39 is 0 Å². The molecule has 0 N–H and O–H groups in total. The monoisotopic (exact) mass is 227 g/mol. The van der Waals surface area contributed by atoms with Gasteiger partial charge < -0.3 is 0 Å². The first-order valence-electron chi connectivity index (χ1n) is 5.34. The van der Waals surface area contributed by atoms with Crippen LogP contribution < -0.4 is 0 Å². The molecule has 0 spiro atoms. The highest BCUT2D eigenvalue weighted by Gasteiger charge is 2.02. The number of allylic oxidation sites excluding steroid dienone is 1. The number of nitrogens with zero attached hydrogens (tertiary/aromatic N) is 3. The number of carbonyl (C=O) groups is 1. The van der Waals surface area contributed by atoms with E-state index in [0.29, 0.717) is 11.3 Å². The Morgan fingerprint density at radius 2 is 1.94 bits per heavy atom. The lowest BCUT2D eigenvalue weighted by molar-refractivity contribution is -0.113. The number of hydrogen-bond donors (Lipinski definition) is 0. The van der Waals surface area contributed by atoms with Crippen molar-refractivity contribution in [1.29, 1.82) is 0 Å². The van der Waals surface area contributed by atoms with Gasteiger partial charge in [0.1, 0.15) is 5.69 Å². The fourth-order valence-corrected chi connectivity index (χ4v) is 1.35. The highest BCUT2D eigenvalue weighted by Crippen LogP contribution is 2.07. The molecule has 0 fully saturated rings. The summed E-state index contributed by atoms with van der Waals surface area (Å²) in [5.41, 5.74) is 2.25. The van der Waals surface area contributed by atoms with E-state index >= 15 is 0 Å². The third-order valence-electron chi connectivity index (χ3n) is 2.42. The molecule has 0 saturated heterocycles. The van der Waals surface area contributed by atoms with Gasteiger partial charge in [-0.1, -0.05) is 18.2 Å². The van der Waals surface area contributed by atoms with Crippen molar-refractivity contribution < 1.29 is 4.79 Å². The fraction of sp³-hybridized carbons (Fsp3) is 0.154. The molecule has 0 atom stereocenters. The summed E-state index contributed by atoms with van der Waals surface area (Å²) >= 11 is 0. The molecule has 0 aliphatic carbocycles. The highest BCUT2D eigenvalue weighted by molar-refractivity contribution is 5.96. The van der Waals surface area contributed by atoms with E-state index in [1.807, 2.05) is 30.3 Å². The molecule has 4 heteroatoms. The van der Waals surface area contributed by atoms with Crippen LogP contribution in [0.3, 0.4) is 0 Å². The lowest BCUT2D eigenvalue weighted by atomic mass is 10.2. The molecule has 0 unspecified atom stereocenters. The predicted molar refractivity (Wildman–Crippen MR) is 65.7 cm³/mol. The van der Waals surface area contributed by atoms with E-state index in [9.17, 15) is 4.79 Å². The van der Waals surface area contributed by atoms with Gasteiger partial charge in [0.25, 0.3) is 0 Å². The predicted octanol–water partition coefficient (Wildman–Crippen LogP) is 2.26. The van der Waals surface area contributed by atoms with Crippen LogP contribution in [0.15, 0.2) is 42.1 Å². The SMILES string of the molecule is CC(=O)/C(C)=C/c1cnn(-c2ccccc2)n1. The van der Waals surface area contributed by atoms with Crippen LogP contribution in [-0.4, -0.2) is 20.8 Å². The van der Waals surface area contributed by atoms with Gasteiger partial charge in [-0.3, -0.25) is 4.79 Å². The minimum absolute atomic E-state index is 0.0410. The second kappa shape index (κ2) is 4.74. The topological polar surface area (TPSA) is 47.8 Å². The third kappa shape index (κ3) is 2.66. The van der Waals surface area contributed by atoms with Gasteiger partial charge in [-0.15, -0.1) is 5.10 Å². The maximum absolute atomic E-state index is 11.1. The van der Waals surface area contributed by atoms with Crippen molar-refractivity contribution in [3.63, 3.8) is 0 Å². The zero-order valence-electron chi connectivity index (χ0n) is 9.79. The summed E-state index contributed by atoms with van der Waals surface area (Å²) in [7, 11) is 0. The van der Waals surface area contributed by atoms with Crippen LogP contribution in [0.2, 0.25) is 0 Å². The Morgan fingerprint density at radius 1 is 1.24 bits per heavy atom. The van der Waals surface area contributed by atoms with Crippen molar-refractivity contribution in [2.24, 2.45) is 0 Å². The maximum Gasteiger partial charge on any atom is 0.155 e. The Kier molecular flexibility index (Phi) is 3.14. The zero-order valence-corrected chi connectivity index (χ0v) is 9.79. The molecule has 1 heterocycles. The summed E-state index contributed by atoms with van der Waals surface area (Å²) in [5.74, 6) is 0.0410. The summed E-state index contributed by atoms with van der Waals surface area (Å²) in [4.78, 5) is 12.6. The van der Waals surface area contributed by atoms with Crippen molar-refractivity contribution in [3.8, 4) is 5.69 Å². The molecule has 0 amide bonds. The molecule has 0 saturated carbocycles. The van der Waals surface area contributed by atoms with Crippen LogP contribution in [-0.2, 0) is 4.79 Å². The van der Waals surface area contributed by atoms with Gasteiger partial charge in [-0.05, 0) is 37.6 Å². The Morgan fingerprint density at radius 3 is 2.59 bits per heavy atom. The summed E-state index contributed by atoms with van der Waals surface area (Å²) < 4.78 is 0. The van der Waals surface area contributed by atoms with Gasteiger partial charge in [-0.25, -0.2) is 0 Å². The van der Waals surface area contributed by atoms with E-state index in [4.69, 9.17) is 0 Å². The van der Waals surface area contributed by atoms with Gasteiger partial charge in [0.2, 0.25) is 0 Å². The average Bonchev–Trinajstić information content (AvgIpc) is 2.78. The number of rotatable bonds is 3. The zero-order chi connectivity index (χ0) is 12.3. The van der Waals surface area contributed by atoms with Crippen molar-refractivity contribution in [2.45, 2.75) is 13.8 Å². The van der Waals surface area contributed by atoms with Crippen LogP contribution in [0.25, 0.3) is 11.8 Å². The smallest absolute Gasteiger partial charge is 0.155 e. The maximum atomic E-state index is 11.1. The van der Waals surface area contributed by atoms with Gasteiger partial charge in [-0.2, -0.15) is 9.90 Å². The highest BCUT2D eigenvalue weighted by atomic mass is 16.1. The first-order chi connectivity index (χ1) is 8.16. The van der Waals surface area contributed by atoms with Crippen LogP contribution in [0, 0.1) is 0 Å². The van der Waals surface area contributed by atoms with Crippen LogP contribution in [0.4, 0.5) is 0 Å². The van der Waals surface area contributed by atoms with Crippen molar-refractivity contribution in [3.05, 3.63) is 47.8 Å². The summed E-state index contributed by atoms with van der Waals surface area (Å²) in [6.45, 7) is 3.30. The number of aromatic nitrogens is 3. The molecule has 2 rings (SSSR count). The minimum atomic E-state index is 0.0410. The second-order valence-corrected chi connectivity index (χ2v) is 3.78. The first-order valence-corrected chi connectivity index (χ1v) is 5.34. The van der Waals surface area contributed by atoms with E-state index in [1.54, 1.807) is 24.0 Å². The van der Waals surface area contributed by atoms with Crippen LogP contribution in [0.1, 0.15) is 19.5 Å². The van der Waals surface area contributed by atoms with E-state index in [0.717, 1.165) is 5.69 Å². The van der Waals surface area contributed by atoms with Crippen LogP contribution in [0.5, 0.6) is 0 Å². The van der Waals surface area contributed by atoms with Crippen LogP contribution >= 0.6 is 0 Å². The average molecular weight is 227 g/mol. The van der Waals surface area contributed by atoms with Gasteiger partial charge in [0.15, 0.2) is 5.78 Å². The Balaban J connectivity index is 2.29. The molecule has 0 aliphatic heterocycles. The summed E-state index contributed by atoms with van der Waals surface area (Å²) in [6, 6.07) is 9.63. The number of ketones is 1. The molecule has 2 aromatic rings. The van der Waals surface area contributed by atoms with Gasteiger partial charge in [0.05, 0.1) is 11.9 Å². The minimum Gasteiger partial charge on any atom is -0.295 e. The molecular weight excluding hydrogens is 214 g/mol. The standard InChI is InChI=1S/C13H13N3O/c1-10(11(2)17)8-12-9-14-16(15-12)13-6-4-3-5-7-13/h3-9H,1-2H3/b10-8+. The molecule has 86 valence electrons. The van der Waals surface area contributed by atoms with Gasteiger partial charge in [0, 0.05) is 0 Å². The molecule has 4 nitrogen and oxygen atoms in total. The summed E-state index contributed by atoms with van der Waals surface area (Å²) in [5, 5.41) is 8.43. The molecule has 0 aliphatic rings. The van der Waals surface area contributed by atoms with E-state index in [-0.39, 0.29) is 5.78 Å². The Bertz CT molecular complexity index is 555. The molecule has 1 aromatic heterocycles. The number of para-hydroxylation sites is 1.